The van der Waals surface area contributed by atoms with E-state index in [0.717, 1.165) is 24.8 Å². The van der Waals surface area contributed by atoms with Crippen LogP contribution in [0, 0.1) is 40.4 Å². The Balaban J connectivity index is 1.33. The van der Waals surface area contributed by atoms with Gasteiger partial charge in [0.1, 0.15) is 29.7 Å². The molecule has 0 amide bonds. The molecule has 0 aromatic heterocycles. The maximum atomic E-state index is 13.8. The monoisotopic (exact) mass is 560 g/mol. The van der Waals surface area contributed by atoms with E-state index in [1.54, 1.807) is 0 Å². The normalized spacial score (nSPS) is 50.2. The van der Waals surface area contributed by atoms with E-state index < -0.39 is 29.2 Å². The maximum absolute atomic E-state index is 13.8. The van der Waals surface area contributed by atoms with Gasteiger partial charge in [-0.25, -0.2) is 4.79 Å². The lowest BCUT2D eigenvalue weighted by Gasteiger charge is -2.59. The Morgan fingerprint density at radius 1 is 1.15 bits per heavy atom. The highest BCUT2D eigenvalue weighted by Gasteiger charge is 2.82. The summed E-state index contributed by atoms with van der Waals surface area (Å²) in [6.45, 7) is 9.38. The van der Waals surface area contributed by atoms with Gasteiger partial charge in [0.05, 0.1) is 29.8 Å². The molecule has 1 spiro atoms. The molecule has 4 saturated carbocycles. The third-order valence-corrected chi connectivity index (χ3v) is 12.5. The highest BCUT2D eigenvalue weighted by Crippen LogP contribution is 2.74. The molecule has 1 saturated heterocycles. The van der Waals surface area contributed by atoms with Gasteiger partial charge in [-0.15, -0.1) is 0 Å². The summed E-state index contributed by atoms with van der Waals surface area (Å²) < 4.78 is 23.7. The number of carbonyl (C=O) groups excluding carboxylic acids is 3. The third kappa shape index (κ3) is 3.56. The topological polar surface area (TPSA) is 132 Å². The number of epoxide rings is 1. The van der Waals surface area contributed by atoms with Crippen LogP contribution in [-0.4, -0.2) is 77.8 Å². The van der Waals surface area contributed by atoms with E-state index in [4.69, 9.17) is 18.9 Å². The first kappa shape index (κ1) is 28.3. The number of carbonyl (C=O) groups is 3. The minimum atomic E-state index is -0.886. The Kier molecular flexibility index (Phi) is 6.62. The SMILES string of the molecule is CO[C@@H]1CC(=O)[C@]2(C)[C@H]3CC[C@]4(C)[C@@H]([C@H](C)[C@H]5CC(C)=C(CO)C(=O)O5)[C@H](OC(C)=O)C[C@H]4[C@@H]3C[C@H]3O[C@]32[C@H]1O. The molecular formula is C31H44O9. The highest BCUT2D eigenvalue weighted by molar-refractivity contribution is 5.90. The van der Waals surface area contributed by atoms with E-state index in [1.807, 2.05) is 13.8 Å². The Morgan fingerprint density at radius 3 is 2.50 bits per heavy atom. The summed E-state index contributed by atoms with van der Waals surface area (Å²) in [7, 11) is 1.54. The molecular weight excluding hydrogens is 516 g/mol. The molecule has 0 bridgehead atoms. The van der Waals surface area contributed by atoms with Crippen LogP contribution in [0.5, 0.6) is 0 Å². The molecule has 0 aromatic carbocycles. The molecule has 0 radical (unpaired) electrons. The largest absolute Gasteiger partial charge is 0.462 e. The Labute approximate surface area is 235 Å². The van der Waals surface area contributed by atoms with Crippen LogP contribution in [0.25, 0.3) is 0 Å². The fraction of sp³-hybridized carbons (Fsp3) is 0.839. The fourth-order valence-electron chi connectivity index (χ4n) is 10.6. The molecule has 2 heterocycles. The average Bonchev–Trinajstić information content (AvgIpc) is 3.55. The standard InChI is InChI=1S/C31H44O9/c1-14-9-21(39-28(36)18(14)13-32)15(2)26-22(38-16(3)33)11-20-17-10-25-31(40-25)27(35)23(37-6)12-24(34)30(31,5)19(17)7-8-29(20,26)4/h15,17,19-23,25-27,32,35H,7-13H2,1-6H3/t15-,17-,19+,20+,21-,22-,23-,25-,26+,27+,29+,30+,31+/m1/s1. The second-order valence-electron chi connectivity index (χ2n) is 13.9. The van der Waals surface area contributed by atoms with E-state index in [0.29, 0.717) is 18.4 Å². The minimum Gasteiger partial charge on any atom is -0.462 e. The van der Waals surface area contributed by atoms with Gasteiger partial charge in [0, 0.05) is 38.7 Å². The predicted octanol–water partition coefficient (Wildman–Crippen LogP) is 2.74. The number of ether oxygens (including phenoxy) is 4. The van der Waals surface area contributed by atoms with Crippen molar-refractivity contribution >= 4 is 17.7 Å². The van der Waals surface area contributed by atoms with E-state index in [1.165, 1.54) is 14.0 Å². The van der Waals surface area contributed by atoms with Crippen molar-refractivity contribution in [2.24, 2.45) is 40.4 Å². The van der Waals surface area contributed by atoms with Crippen LogP contribution < -0.4 is 0 Å². The second-order valence-corrected chi connectivity index (χ2v) is 13.9. The predicted molar refractivity (Wildman–Crippen MR) is 142 cm³/mol. The van der Waals surface area contributed by atoms with Crippen molar-refractivity contribution in [3.63, 3.8) is 0 Å². The highest BCUT2D eigenvalue weighted by atomic mass is 16.6. The van der Waals surface area contributed by atoms with Crippen molar-refractivity contribution in [2.45, 2.75) is 109 Å². The van der Waals surface area contributed by atoms with E-state index in [2.05, 4.69) is 13.8 Å². The zero-order valence-electron chi connectivity index (χ0n) is 24.5. The summed E-state index contributed by atoms with van der Waals surface area (Å²) in [6.07, 6.45) is 1.54. The van der Waals surface area contributed by atoms with Crippen LogP contribution >= 0.6 is 0 Å². The summed E-state index contributed by atoms with van der Waals surface area (Å²) in [5.74, 6) is -0.359. The van der Waals surface area contributed by atoms with Crippen LogP contribution in [-0.2, 0) is 33.3 Å². The fourth-order valence-corrected chi connectivity index (χ4v) is 10.6. The van der Waals surface area contributed by atoms with Crippen LogP contribution in [0.2, 0.25) is 0 Å². The van der Waals surface area contributed by atoms with Gasteiger partial charge in [-0.05, 0) is 62.7 Å². The van der Waals surface area contributed by atoms with Gasteiger partial charge >= 0.3 is 11.9 Å². The van der Waals surface area contributed by atoms with Crippen LogP contribution in [0.3, 0.4) is 0 Å². The second kappa shape index (κ2) is 9.35. The molecule has 0 unspecified atom stereocenters. The average molecular weight is 561 g/mol. The summed E-state index contributed by atoms with van der Waals surface area (Å²) in [5, 5.41) is 21.0. The number of hydrogen-bond acceptors (Lipinski definition) is 9. The quantitative estimate of drug-likeness (QED) is 0.385. The lowest BCUT2D eigenvalue weighted by Crippen LogP contribution is -2.68. The zero-order chi connectivity index (χ0) is 28.9. The Bertz CT molecular complexity index is 1150. The first-order chi connectivity index (χ1) is 18.8. The van der Waals surface area contributed by atoms with E-state index in [-0.39, 0.29) is 78.1 Å². The molecule has 222 valence electrons. The van der Waals surface area contributed by atoms with Crippen molar-refractivity contribution in [3.05, 3.63) is 11.1 Å². The van der Waals surface area contributed by atoms with Gasteiger partial charge < -0.3 is 29.2 Å². The van der Waals surface area contributed by atoms with E-state index in [9.17, 15) is 24.6 Å². The molecule has 2 N–H and O–H groups in total. The first-order valence-electron chi connectivity index (χ1n) is 14.9. The summed E-state index contributed by atoms with van der Waals surface area (Å²) in [4.78, 5) is 38.8. The molecule has 13 atom stereocenters. The van der Waals surface area contributed by atoms with Crippen LogP contribution in [0.1, 0.15) is 73.1 Å². The van der Waals surface area contributed by atoms with Crippen LogP contribution in [0.4, 0.5) is 0 Å². The third-order valence-electron chi connectivity index (χ3n) is 12.5. The molecule has 0 aromatic rings. The molecule has 4 aliphatic carbocycles. The number of ketones is 1. The lowest BCUT2D eigenvalue weighted by molar-refractivity contribution is -0.184. The van der Waals surface area contributed by atoms with Gasteiger partial charge in [0.15, 0.2) is 0 Å². The number of esters is 2. The summed E-state index contributed by atoms with van der Waals surface area (Å²) >= 11 is 0. The number of fused-ring (bicyclic) bond motifs is 4. The van der Waals surface area contributed by atoms with Gasteiger partial charge in [0.25, 0.3) is 0 Å². The van der Waals surface area contributed by atoms with Gasteiger partial charge in [-0.1, -0.05) is 19.4 Å². The van der Waals surface area contributed by atoms with Crippen molar-refractivity contribution in [1.29, 1.82) is 0 Å². The maximum Gasteiger partial charge on any atom is 0.336 e. The Hall–Kier alpha value is -1.81. The molecule has 40 heavy (non-hydrogen) atoms. The van der Waals surface area contributed by atoms with Gasteiger partial charge in [-0.2, -0.15) is 0 Å². The van der Waals surface area contributed by atoms with Crippen LogP contribution in [0.15, 0.2) is 11.1 Å². The lowest BCUT2D eigenvalue weighted by atomic mass is 9.43. The zero-order valence-corrected chi connectivity index (χ0v) is 24.5. The van der Waals surface area contributed by atoms with Crippen molar-refractivity contribution < 1.29 is 43.5 Å². The van der Waals surface area contributed by atoms with Crippen molar-refractivity contribution in [1.82, 2.24) is 0 Å². The number of cyclic esters (lactones) is 1. The molecule has 6 rings (SSSR count). The molecule has 2 aliphatic heterocycles. The van der Waals surface area contributed by atoms with Crippen molar-refractivity contribution in [3.8, 4) is 0 Å². The number of methoxy groups -OCH3 is 1. The smallest absolute Gasteiger partial charge is 0.336 e. The number of aliphatic hydroxyl groups excluding tert-OH is 2. The van der Waals surface area contributed by atoms with Gasteiger partial charge in [-0.3, -0.25) is 9.59 Å². The molecule has 6 aliphatic rings. The van der Waals surface area contributed by atoms with Gasteiger partial charge in [0.2, 0.25) is 0 Å². The first-order valence-corrected chi connectivity index (χ1v) is 14.9. The molecule has 5 fully saturated rings. The number of Topliss-reactive ketones (excluding diaryl/α,β-unsaturated/α-hetero) is 1. The van der Waals surface area contributed by atoms with E-state index >= 15 is 0 Å². The number of hydrogen-bond donors (Lipinski definition) is 2. The minimum absolute atomic E-state index is 0.0336. The number of rotatable bonds is 5. The summed E-state index contributed by atoms with van der Waals surface area (Å²) in [5.41, 5.74) is -0.705. The summed E-state index contributed by atoms with van der Waals surface area (Å²) in [6, 6.07) is 0. The Morgan fingerprint density at radius 2 is 1.88 bits per heavy atom. The van der Waals surface area contributed by atoms with Crippen molar-refractivity contribution in [2.75, 3.05) is 13.7 Å². The molecule has 9 nitrogen and oxygen atoms in total. The molecule has 9 heteroatoms. The number of aliphatic hydroxyl groups is 2.